The third kappa shape index (κ3) is 4.32. The number of carbonyl (C=O) groups is 1. The van der Waals surface area contributed by atoms with Crippen LogP contribution in [-0.2, 0) is 11.3 Å². The summed E-state index contributed by atoms with van der Waals surface area (Å²) in [6.07, 6.45) is 3.09. The Morgan fingerprint density at radius 3 is 2.53 bits per heavy atom. The van der Waals surface area contributed by atoms with Gasteiger partial charge in [0.25, 0.3) is 0 Å². The Kier molecular flexibility index (Phi) is 5.89. The highest BCUT2D eigenvalue weighted by atomic mass is 35.5. The van der Waals surface area contributed by atoms with Crippen LogP contribution in [0.25, 0.3) is 5.65 Å². The Labute approximate surface area is 199 Å². The second-order valence-corrected chi connectivity index (χ2v) is 8.28. The van der Waals surface area contributed by atoms with Crippen LogP contribution >= 0.6 is 11.6 Å². The summed E-state index contributed by atoms with van der Waals surface area (Å²) in [5.41, 5.74) is 1.43. The predicted octanol–water partition coefficient (Wildman–Crippen LogP) is 2.65. The van der Waals surface area contributed by atoms with Crippen molar-refractivity contribution < 1.29 is 9.18 Å². The minimum atomic E-state index is -0.583. The van der Waals surface area contributed by atoms with Crippen LogP contribution in [0.5, 0.6) is 0 Å². The van der Waals surface area contributed by atoms with Gasteiger partial charge in [0, 0.05) is 49.9 Å². The monoisotopic (exact) mass is 481 g/mol. The van der Waals surface area contributed by atoms with Crippen LogP contribution in [0.2, 0.25) is 5.02 Å². The first kappa shape index (κ1) is 21.9. The molecule has 5 rings (SSSR count). The van der Waals surface area contributed by atoms with Gasteiger partial charge >= 0.3 is 5.69 Å². The molecule has 1 saturated heterocycles. The molecule has 4 aromatic rings. The van der Waals surface area contributed by atoms with E-state index in [4.69, 9.17) is 11.6 Å². The number of piperazine rings is 1. The summed E-state index contributed by atoms with van der Waals surface area (Å²) in [4.78, 5) is 34.2. The van der Waals surface area contributed by atoms with Crippen LogP contribution in [0.3, 0.4) is 0 Å². The Morgan fingerprint density at radius 2 is 1.79 bits per heavy atom. The van der Waals surface area contributed by atoms with Crippen LogP contribution in [0.1, 0.15) is 0 Å². The molecule has 0 aliphatic carbocycles. The SMILES string of the molecule is O=C(Cn1nc2c(N3CCN(c4ccccc4)CC3)nccn2c1=O)Nc1ccc(F)c(Cl)c1. The Hall–Kier alpha value is -3.92. The average molecular weight is 482 g/mol. The van der Waals surface area contributed by atoms with Gasteiger partial charge in [-0.2, -0.15) is 0 Å². The maximum absolute atomic E-state index is 13.3. The van der Waals surface area contributed by atoms with Gasteiger partial charge in [-0.05, 0) is 30.3 Å². The van der Waals surface area contributed by atoms with Gasteiger partial charge in [-0.1, -0.05) is 29.8 Å². The van der Waals surface area contributed by atoms with E-state index in [1.54, 1.807) is 6.20 Å². The summed E-state index contributed by atoms with van der Waals surface area (Å²) in [5, 5.41) is 6.87. The largest absolute Gasteiger partial charge is 0.368 e. The number of rotatable bonds is 5. The number of anilines is 3. The molecule has 2 aromatic heterocycles. The van der Waals surface area contributed by atoms with Crippen molar-refractivity contribution in [2.45, 2.75) is 6.54 Å². The molecule has 0 atom stereocenters. The molecule has 0 spiro atoms. The van der Waals surface area contributed by atoms with E-state index in [2.05, 4.69) is 37.3 Å². The molecule has 3 heterocycles. The fourth-order valence-corrected chi connectivity index (χ4v) is 4.17. The van der Waals surface area contributed by atoms with Crippen LogP contribution in [0.15, 0.2) is 65.7 Å². The molecule has 0 unspecified atom stereocenters. The molecule has 11 heteroatoms. The number of hydrogen-bond donors (Lipinski definition) is 1. The molecule has 2 aromatic carbocycles. The second-order valence-electron chi connectivity index (χ2n) is 7.87. The van der Waals surface area contributed by atoms with Crippen molar-refractivity contribution in [2.75, 3.05) is 41.3 Å². The smallest absolute Gasteiger partial charge is 0.350 e. The Bertz CT molecular complexity index is 1400. The second kappa shape index (κ2) is 9.14. The summed E-state index contributed by atoms with van der Waals surface area (Å²) in [6.45, 7) is 2.74. The molecule has 0 bridgehead atoms. The zero-order valence-corrected chi connectivity index (χ0v) is 18.8. The molecule has 34 heavy (non-hydrogen) atoms. The lowest BCUT2D eigenvalue weighted by molar-refractivity contribution is -0.117. The molecule has 1 aliphatic heterocycles. The predicted molar refractivity (Wildman–Crippen MR) is 128 cm³/mol. The van der Waals surface area contributed by atoms with Crippen LogP contribution < -0.4 is 20.8 Å². The first-order valence-corrected chi connectivity index (χ1v) is 11.1. The molecule has 174 valence electrons. The van der Waals surface area contributed by atoms with E-state index in [1.165, 1.54) is 28.4 Å². The fourth-order valence-electron chi connectivity index (χ4n) is 3.99. The quantitative estimate of drug-likeness (QED) is 0.471. The van der Waals surface area contributed by atoms with Crippen molar-refractivity contribution in [1.29, 1.82) is 0 Å². The van der Waals surface area contributed by atoms with Crippen molar-refractivity contribution in [3.05, 3.63) is 82.2 Å². The number of nitrogens with zero attached hydrogens (tertiary/aromatic N) is 6. The van der Waals surface area contributed by atoms with Gasteiger partial charge in [0.05, 0.1) is 5.02 Å². The molecule has 1 aliphatic rings. The number of halogens is 2. The van der Waals surface area contributed by atoms with Gasteiger partial charge in [0.1, 0.15) is 12.4 Å². The van der Waals surface area contributed by atoms with E-state index in [0.717, 1.165) is 23.8 Å². The van der Waals surface area contributed by atoms with Crippen molar-refractivity contribution in [3.63, 3.8) is 0 Å². The number of fused-ring (bicyclic) bond motifs is 1. The van der Waals surface area contributed by atoms with Gasteiger partial charge in [-0.15, -0.1) is 5.10 Å². The maximum atomic E-state index is 13.3. The van der Waals surface area contributed by atoms with Crippen LogP contribution in [0, 0.1) is 5.82 Å². The summed E-state index contributed by atoms with van der Waals surface area (Å²) >= 11 is 5.76. The highest BCUT2D eigenvalue weighted by Gasteiger charge is 2.22. The molecule has 9 nitrogen and oxygen atoms in total. The lowest BCUT2D eigenvalue weighted by atomic mass is 10.2. The van der Waals surface area contributed by atoms with E-state index >= 15 is 0 Å². The Balaban J connectivity index is 1.33. The minimum absolute atomic E-state index is 0.106. The van der Waals surface area contributed by atoms with E-state index < -0.39 is 17.4 Å². The molecule has 1 amide bonds. The zero-order valence-electron chi connectivity index (χ0n) is 18.1. The molecule has 0 radical (unpaired) electrons. The molecule has 1 fully saturated rings. The zero-order chi connectivity index (χ0) is 23.7. The van der Waals surface area contributed by atoms with E-state index in [0.29, 0.717) is 30.2 Å². The van der Waals surface area contributed by atoms with Gasteiger partial charge < -0.3 is 15.1 Å². The topological polar surface area (TPSA) is 87.8 Å². The summed E-state index contributed by atoms with van der Waals surface area (Å²) < 4.78 is 15.8. The highest BCUT2D eigenvalue weighted by Crippen LogP contribution is 2.21. The van der Waals surface area contributed by atoms with E-state index in [-0.39, 0.29) is 11.6 Å². The standard InChI is InChI=1S/C23H21ClFN7O2/c24-18-14-16(6-7-19(18)25)27-20(33)15-32-23(34)31-9-8-26-21(22(31)28-32)30-12-10-29(11-13-30)17-4-2-1-3-5-17/h1-9,14H,10-13,15H2,(H,27,33). The number of carbonyl (C=O) groups excluding carboxylic acids is 1. The first-order chi connectivity index (χ1) is 16.5. The number of aromatic nitrogens is 4. The van der Waals surface area contributed by atoms with Crippen LogP contribution in [0.4, 0.5) is 21.6 Å². The average Bonchev–Trinajstić information content (AvgIpc) is 3.17. The van der Waals surface area contributed by atoms with Gasteiger partial charge in [-0.25, -0.2) is 23.3 Å². The van der Waals surface area contributed by atoms with Crippen molar-refractivity contribution in [3.8, 4) is 0 Å². The highest BCUT2D eigenvalue weighted by molar-refractivity contribution is 6.31. The molecule has 0 saturated carbocycles. The number of para-hydroxylation sites is 1. The molecular formula is C23H21ClFN7O2. The van der Waals surface area contributed by atoms with Crippen molar-refractivity contribution >= 4 is 40.3 Å². The number of benzene rings is 2. The van der Waals surface area contributed by atoms with Gasteiger partial charge in [-0.3, -0.25) is 4.79 Å². The maximum Gasteiger partial charge on any atom is 0.350 e. The first-order valence-electron chi connectivity index (χ1n) is 10.7. The third-order valence-corrected chi connectivity index (χ3v) is 5.97. The summed E-state index contributed by atoms with van der Waals surface area (Å²) in [7, 11) is 0. The van der Waals surface area contributed by atoms with Crippen molar-refractivity contribution in [2.24, 2.45) is 0 Å². The molecule has 1 N–H and O–H groups in total. The fraction of sp³-hybridized carbons (Fsp3) is 0.217. The Morgan fingerprint density at radius 1 is 1.06 bits per heavy atom. The minimum Gasteiger partial charge on any atom is -0.368 e. The van der Waals surface area contributed by atoms with E-state index in [9.17, 15) is 14.0 Å². The summed E-state index contributed by atoms with van der Waals surface area (Å²) in [5.74, 6) is -0.475. The lowest BCUT2D eigenvalue weighted by Gasteiger charge is -2.36. The van der Waals surface area contributed by atoms with E-state index in [1.807, 2.05) is 18.2 Å². The number of hydrogen-bond acceptors (Lipinski definition) is 6. The summed E-state index contributed by atoms with van der Waals surface area (Å²) in [6, 6.07) is 14.0. The lowest BCUT2D eigenvalue weighted by Crippen LogP contribution is -2.47. The number of nitrogens with one attached hydrogen (secondary N) is 1. The van der Waals surface area contributed by atoms with Gasteiger partial charge in [0.2, 0.25) is 11.6 Å². The van der Waals surface area contributed by atoms with Crippen LogP contribution in [-0.4, -0.2) is 51.3 Å². The van der Waals surface area contributed by atoms with Gasteiger partial charge in [0.15, 0.2) is 5.82 Å². The third-order valence-electron chi connectivity index (χ3n) is 5.68. The molecular weight excluding hydrogens is 461 g/mol. The normalized spacial score (nSPS) is 13.9. The number of amides is 1. The van der Waals surface area contributed by atoms with Crippen molar-refractivity contribution in [1.82, 2.24) is 19.2 Å².